The van der Waals surface area contributed by atoms with Gasteiger partial charge in [0.25, 0.3) is 5.91 Å². The fraction of sp³-hybridized carbons (Fsp3) is 0.133. The zero-order valence-electron chi connectivity index (χ0n) is 11.9. The van der Waals surface area contributed by atoms with E-state index in [0.29, 0.717) is 5.02 Å². The number of esters is 1. The number of hydrogen-bond acceptors (Lipinski definition) is 5. The summed E-state index contributed by atoms with van der Waals surface area (Å²) in [7, 11) is 0. The molecule has 1 unspecified atom stereocenters. The van der Waals surface area contributed by atoms with E-state index >= 15 is 0 Å². The molecule has 0 saturated heterocycles. The Hall–Kier alpha value is -2.31. The highest BCUT2D eigenvalue weighted by atomic mass is 35.5. The van der Waals surface area contributed by atoms with Crippen LogP contribution in [-0.4, -0.2) is 28.1 Å². The molecule has 0 aliphatic carbocycles. The molecule has 2 N–H and O–H groups in total. The van der Waals surface area contributed by atoms with Gasteiger partial charge in [0.1, 0.15) is 11.3 Å². The molecule has 1 aromatic heterocycles. The van der Waals surface area contributed by atoms with Crippen molar-refractivity contribution in [3.63, 3.8) is 0 Å². The van der Waals surface area contributed by atoms with Gasteiger partial charge in [-0.2, -0.15) is 0 Å². The Morgan fingerprint density at radius 3 is 2.65 bits per heavy atom. The number of ether oxygens (including phenoxy) is 1. The Balaban J connectivity index is 2.03. The van der Waals surface area contributed by atoms with Crippen molar-refractivity contribution in [2.24, 2.45) is 0 Å². The Morgan fingerprint density at radius 2 is 2.00 bits per heavy atom. The van der Waals surface area contributed by atoms with Gasteiger partial charge < -0.3 is 15.2 Å². The summed E-state index contributed by atoms with van der Waals surface area (Å²) in [6, 6.07) is 7.29. The smallest absolute Gasteiger partial charge is 0.342 e. The Kier molecular flexibility index (Phi) is 5.41. The lowest BCUT2D eigenvalue weighted by Crippen LogP contribution is -2.30. The van der Waals surface area contributed by atoms with Crippen molar-refractivity contribution in [1.82, 2.24) is 4.98 Å². The molecule has 1 atom stereocenters. The summed E-state index contributed by atoms with van der Waals surface area (Å²) in [4.78, 5) is 27.8. The normalized spacial score (nSPS) is 11.6. The predicted molar refractivity (Wildman–Crippen MR) is 85.9 cm³/mol. The SMILES string of the molecule is CC(OC(=O)c1ccccc1O)C(=O)Nc1ncc(Cl)cc1Cl. The van der Waals surface area contributed by atoms with Crippen LogP contribution < -0.4 is 5.32 Å². The molecule has 1 aromatic carbocycles. The summed E-state index contributed by atoms with van der Waals surface area (Å²) in [5.74, 6) is -1.56. The van der Waals surface area contributed by atoms with Gasteiger partial charge in [-0.15, -0.1) is 0 Å². The van der Waals surface area contributed by atoms with Crippen LogP contribution in [0.15, 0.2) is 36.5 Å². The number of halogens is 2. The maximum Gasteiger partial charge on any atom is 0.342 e. The minimum atomic E-state index is -1.12. The first kappa shape index (κ1) is 17.1. The summed E-state index contributed by atoms with van der Waals surface area (Å²) in [5.41, 5.74) is -0.0326. The number of carbonyl (C=O) groups excluding carboxylic acids is 2. The molecule has 120 valence electrons. The summed E-state index contributed by atoms with van der Waals surface area (Å²) < 4.78 is 5.01. The zero-order valence-corrected chi connectivity index (χ0v) is 13.4. The summed E-state index contributed by atoms with van der Waals surface area (Å²) in [6.45, 7) is 1.39. The number of pyridine rings is 1. The Bertz CT molecular complexity index is 752. The average molecular weight is 355 g/mol. The van der Waals surface area contributed by atoms with Crippen molar-refractivity contribution in [3.05, 3.63) is 52.1 Å². The lowest BCUT2D eigenvalue weighted by Gasteiger charge is -2.14. The monoisotopic (exact) mass is 354 g/mol. The van der Waals surface area contributed by atoms with E-state index in [-0.39, 0.29) is 22.2 Å². The van der Waals surface area contributed by atoms with E-state index in [1.807, 2.05) is 0 Å². The van der Waals surface area contributed by atoms with Crippen molar-refractivity contribution < 1.29 is 19.4 Å². The molecule has 1 heterocycles. The van der Waals surface area contributed by atoms with E-state index in [2.05, 4.69) is 10.3 Å². The van der Waals surface area contributed by atoms with Gasteiger partial charge in [-0.25, -0.2) is 9.78 Å². The van der Waals surface area contributed by atoms with Gasteiger partial charge in [-0.3, -0.25) is 4.79 Å². The van der Waals surface area contributed by atoms with Gasteiger partial charge in [0.2, 0.25) is 0 Å². The molecule has 0 aliphatic heterocycles. The number of para-hydroxylation sites is 1. The summed E-state index contributed by atoms with van der Waals surface area (Å²) in [6.07, 6.45) is 0.206. The second-order valence-corrected chi connectivity index (χ2v) is 5.38. The van der Waals surface area contributed by atoms with Crippen molar-refractivity contribution in [2.45, 2.75) is 13.0 Å². The number of nitrogens with one attached hydrogen (secondary N) is 1. The average Bonchev–Trinajstić information content (AvgIpc) is 2.50. The minimum absolute atomic E-state index is 0.0326. The number of hydrogen-bond donors (Lipinski definition) is 2. The molecule has 8 heteroatoms. The molecule has 0 bridgehead atoms. The van der Waals surface area contributed by atoms with Crippen LogP contribution in [0.2, 0.25) is 10.0 Å². The quantitative estimate of drug-likeness (QED) is 0.822. The lowest BCUT2D eigenvalue weighted by atomic mass is 10.2. The van der Waals surface area contributed by atoms with Gasteiger partial charge in [0, 0.05) is 6.20 Å². The number of anilines is 1. The van der Waals surface area contributed by atoms with Crippen LogP contribution >= 0.6 is 23.2 Å². The molecular formula is C15H12Cl2N2O4. The largest absolute Gasteiger partial charge is 0.507 e. The van der Waals surface area contributed by atoms with E-state index in [4.69, 9.17) is 27.9 Å². The zero-order chi connectivity index (χ0) is 17.0. The molecule has 2 rings (SSSR count). The number of rotatable bonds is 4. The topological polar surface area (TPSA) is 88.5 Å². The van der Waals surface area contributed by atoms with Crippen molar-refractivity contribution >= 4 is 40.9 Å². The molecule has 0 fully saturated rings. The highest BCUT2D eigenvalue weighted by molar-refractivity contribution is 6.36. The molecule has 0 spiro atoms. The van der Waals surface area contributed by atoms with Gasteiger partial charge >= 0.3 is 5.97 Å². The molecule has 2 aromatic rings. The minimum Gasteiger partial charge on any atom is -0.507 e. The molecule has 6 nitrogen and oxygen atoms in total. The summed E-state index contributed by atoms with van der Waals surface area (Å²) in [5, 5.41) is 12.5. The van der Waals surface area contributed by atoms with E-state index in [1.165, 1.54) is 31.3 Å². The fourth-order valence-electron chi connectivity index (χ4n) is 1.65. The predicted octanol–water partition coefficient (Wildman–Crippen LogP) is 3.28. The van der Waals surface area contributed by atoms with Gasteiger partial charge in [-0.1, -0.05) is 35.3 Å². The number of phenolic OH excluding ortho intramolecular Hbond substituents is 1. The molecule has 0 aliphatic rings. The number of benzene rings is 1. The Labute approximate surface area is 142 Å². The van der Waals surface area contributed by atoms with Crippen molar-refractivity contribution in [1.29, 1.82) is 0 Å². The third-order valence-electron chi connectivity index (χ3n) is 2.83. The van der Waals surface area contributed by atoms with Crippen LogP contribution in [0.3, 0.4) is 0 Å². The number of nitrogens with zero attached hydrogens (tertiary/aromatic N) is 1. The van der Waals surface area contributed by atoms with Gasteiger partial charge in [0.05, 0.1) is 10.0 Å². The Morgan fingerprint density at radius 1 is 1.30 bits per heavy atom. The van der Waals surface area contributed by atoms with Crippen LogP contribution in [0.5, 0.6) is 5.75 Å². The lowest BCUT2D eigenvalue weighted by molar-refractivity contribution is -0.123. The molecule has 0 radical (unpaired) electrons. The number of aromatic nitrogens is 1. The first-order chi connectivity index (χ1) is 10.9. The third kappa shape index (κ3) is 4.34. The van der Waals surface area contributed by atoms with Crippen LogP contribution in [0.25, 0.3) is 0 Å². The van der Waals surface area contributed by atoms with Crippen LogP contribution in [-0.2, 0) is 9.53 Å². The van der Waals surface area contributed by atoms with E-state index in [9.17, 15) is 14.7 Å². The first-order valence-corrected chi connectivity index (χ1v) is 7.25. The second kappa shape index (κ2) is 7.30. The summed E-state index contributed by atoms with van der Waals surface area (Å²) >= 11 is 11.6. The van der Waals surface area contributed by atoms with Gasteiger partial charge in [-0.05, 0) is 25.1 Å². The van der Waals surface area contributed by atoms with Crippen LogP contribution in [0.4, 0.5) is 5.82 Å². The number of amides is 1. The van der Waals surface area contributed by atoms with E-state index in [0.717, 1.165) is 0 Å². The second-order valence-electron chi connectivity index (χ2n) is 4.54. The van der Waals surface area contributed by atoms with E-state index in [1.54, 1.807) is 12.1 Å². The molecule has 1 amide bonds. The standard InChI is InChI=1S/C15H12Cl2N2O4/c1-8(23-15(22)10-4-2-3-5-12(10)20)14(21)19-13-11(17)6-9(16)7-18-13/h2-8,20H,1H3,(H,18,19,21). The van der Waals surface area contributed by atoms with Crippen LogP contribution in [0, 0.1) is 0 Å². The highest BCUT2D eigenvalue weighted by Crippen LogP contribution is 2.23. The van der Waals surface area contributed by atoms with Crippen molar-refractivity contribution in [2.75, 3.05) is 5.32 Å². The fourth-order valence-corrected chi connectivity index (χ4v) is 2.08. The maximum absolute atomic E-state index is 12.0. The van der Waals surface area contributed by atoms with Gasteiger partial charge in [0.15, 0.2) is 11.9 Å². The molecular weight excluding hydrogens is 343 g/mol. The number of aromatic hydroxyl groups is 1. The third-order valence-corrected chi connectivity index (χ3v) is 3.32. The highest BCUT2D eigenvalue weighted by Gasteiger charge is 2.21. The van der Waals surface area contributed by atoms with Crippen molar-refractivity contribution in [3.8, 4) is 5.75 Å². The first-order valence-electron chi connectivity index (χ1n) is 6.49. The molecule has 23 heavy (non-hydrogen) atoms. The van der Waals surface area contributed by atoms with E-state index < -0.39 is 18.0 Å². The van der Waals surface area contributed by atoms with Crippen LogP contribution in [0.1, 0.15) is 17.3 Å². The molecule has 0 saturated carbocycles. The number of phenols is 1. The maximum atomic E-state index is 12.0. The number of carbonyl (C=O) groups is 2.